The molecule has 1 nitrogen and oxygen atoms in total. The number of benzene rings is 8. The van der Waals surface area contributed by atoms with Crippen molar-refractivity contribution in [3.63, 3.8) is 0 Å². The average molecular weight is 646 g/mol. The van der Waals surface area contributed by atoms with Crippen LogP contribution in [0.5, 0.6) is 0 Å². The van der Waals surface area contributed by atoms with E-state index in [1.807, 2.05) is 24.3 Å². The molecule has 2 aliphatic carbocycles. The van der Waals surface area contributed by atoms with E-state index in [4.69, 9.17) is 13.7 Å². The lowest BCUT2D eigenvalue weighted by molar-refractivity contribution is 0.793. The third-order valence-corrected chi connectivity index (χ3v) is 10.1. The molecule has 0 aromatic heterocycles. The van der Waals surface area contributed by atoms with Gasteiger partial charge >= 0.3 is 0 Å². The highest BCUT2D eigenvalue weighted by Gasteiger charge is 2.51. The average Bonchev–Trinajstić information content (AvgIpc) is 3.75. The minimum atomic E-state index is -0.601. The summed E-state index contributed by atoms with van der Waals surface area (Å²) < 4.78 is 83.6. The summed E-state index contributed by atoms with van der Waals surface area (Å²) in [5, 5.41) is 0. The van der Waals surface area contributed by atoms with E-state index in [1.54, 1.807) is 24.3 Å². The Bertz CT molecular complexity index is 2870. The molecule has 2 aliphatic rings. The van der Waals surface area contributed by atoms with Crippen LogP contribution in [0, 0.1) is 0 Å². The number of nitrogens with zero attached hydrogens (tertiary/aromatic N) is 1. The molecule has 8 aromatic carbocycles. The van der Waals surface area contributed by atoms with Crippen LogP contribution in [0.4, 0.5) is 17.1 Å². The van der Waals surface area contributed by atoms with Gasteiger partial charge in [-0.05, 0) is 103 Å². The first kappa shape index (κ1) is 20.2. The highest BCUT2D eigenvalue weighted by Crippen LogP contribution is 2.63. The minimum Gasteiger partial charge on any atom is -0.310 e. The second-order valence-corrected chi connectivity index (χ2v) is 12.5. The largest absolute Gasteiger partial charge is 0.310 e. The monoisotopic (exact) mass is 645 g/mol. The number of anilines is 3. The SMILES string of the molecule is [2H]c1c([2H])c([2H])c(-c2ccc(N(c3ccc(-c4c([2H])c([2H])c([2H])c([2H])c4[2H])cc3)c3ccc4c(c3)C3(c5ccccc5-c5ccccc53)c3ccccc3-4)cc2)c([2H])c1[2H]. The zero-order valence-electron chi connectivity index (χ0n) is 36.7. The summed E-state index contributed by atoms with van der Waals surface area (Å²) >= 11 is 0. The molecule has 0 saturated carbocycles. The first-order valence-electron chi connectivity index (χ1n) is 21.5. The predicted octanol–water partition coefficient (Wildman–Crippen LogP) is 12.8. The zero-order chi connectivity index (χ0) is 41.8. The van der Waals surface area contributed by atoms with Crippen LogP contribution < -0.4 is 4.90 Å². The fraction of sp³-hybridized carbons (Fsp3) is 0.0204. The Morgan fingerprint density at radius 2 is 0.720 bits per heavy atom. The summed E-state index contributed by atoms with van der Waals surface area (Å²) in [4.78, 5) is 2.07. The van der Waals surface area contributed by atoms with Crippen molar-refractivity contribution in [2.45, 2.75) is 5.41 Å². The number of rotatable bonds is 5. The molecule has 0 radical (unpaired) electrons. The van der Waals surface area contributed by atoms with E-state index in [1.165, 1.54) is 27.8 Å². The van der Waals surface area contributed by atoms with Crippen LogP contribution in [0.25, 0.3) is 44.5 Å². The Labute approximate surface area is 307 Å². The Morgan fingerprint density at radius 3 is 1.16 bits per heavy atom. The molecule has 0 heterocycles. The third-order valence-electron chi connectivity index (χ3n) is 10.1. The van der Waals surface area contributed by atoms with Crippen molar-refractivity contribution in [2.75, 3.05) is 4.90 Å². The smallest absolute Gasteiger partial charge is 0.0726 e. The first-order valence-corrected chi connectivity index (χ1v) is 16.5. The molecule has 50 heavy (non-hydrogen) atoms. The number of fused-ring (bicyclic) bond motifs is 10. The second kappa shape index (κ2) is 11.3. The van der Waals surface area contributed by atoms with Crippen LogP contribution in [0.15, 0.2) is 200 Å². The van der Waals surface area contributed by atoms with E-state index >= 15 is 0 Å². The van der Waals surface area contributed by atoms with Gasteiger partial charge in [0.1, 0.15) is 0 Å². The molecular formula is C49H33N. The number of hydrogen-bond acceptors (Lipinski definition) is 1. The lowest BCUT2D eigenvalue weighted by Gasteiger charge is -2.32. The predicted molar refractivity (Wildman–Crippen MR) is 208 cm³/mol. The molecule has 0 saturated heterocycles. The fourth-order valence-electron chi connectivity index (χ4n) is 8.01. The molecule has 0 aliphatic heterocycles. The lowest BCUT2D eigenvalue weighted by atomic mass is 9.70. The van der Waals surface area contributed by atoms with E-state index in [2.05, 4.69) is 95.9 Å². The summed E-state index contributed by atoms with van der Waals surface area (Å²) in [6.45, 7) is 0. The molecule has 1 heteroatoms. The standard InChI is InChI=1S/C49H33N/c1-3-13-34(14-4-1)36-23-27-38(28-24-36)50(39-29-25-37(26-30-39)35-15-5-2-6-16-35)40-31-32-44-43-19-9-12-22-47(43)49(48(44)33-40)45-20-10-7-17-41(45)42-18-8-11-21-46(42)49/h1-33H/i1D,2D,3D,4D,5D,6D,13D,14D,15D,16D. The van der Waals surface area contributed by atoms with Crippen LogP contribution in [-0.2, 0) is 5.41 Å². The highest BCUT2D eigenvalue weighted by molar-refractivity contribution is 5.96. The summed E-state index contributed by atoms with van der Waals surface area (Å²) in [6.07, 6.45) is 0. The van der Waals surface area contributed by atoms with Crippen LogP contribution in [0.3, 0.4) is 0 Å². The Morgan fingerprint density at radius 1 is 0.340 bits per heavy atom. The minimum absolute atomic E-state index is 0.109. The van der Waals surface area contributed by atoms with Crippen molar-refractivity contribution in [3.8, 4) is 44.5 Å². The van der Waals surface area contributed by atoms with E-state index in [0.717, 1.165) is 33.8 Å². The Kier molecular flexibility index (Phi) is 4.57. The maximum Gasteiger partial charge on any atom is 0.0726 e. The van der Waals surface area contributed by atoms with Crippen LogP contribution in [0.2, 0.25) is 0 Å². The van der Waals surface area contributed by atoms with Gasteiger partial charge in [0.15, 0.2) is 0 Å². The van der Waals surface area contributed by atoms with Gasteiger partial charge in [-0.2, -0.15) is 0 Å². The topological polar surface area (TPSA) is 3.24 Å². The van der Waals surface area contributed by atoms with Gasteiger partial charge in [0.2, 0.25) is 0 Å². The molecule has 1 spiro atoms. The molecule has 0 bridgehead atoms. The van der Waals surface area contributed by atoms with Crippen molar-refractivity contribution in [1.82, 2.24) is 0 Å². The molecule has 0 amide bonds. The van der Waals surface area contributed by atoms with E-state index in [9.17, 15) is 0 Å². The molecule has 0 unspecified atom stereocenters. The van der Waals surface area contributed by atoms with Crippen molar-refractivity contribution < 1.29 is 13.7 Å². The molecule has 10 rings (SSSR count). The third kappa shape index (κ3) is 4.20. The molecule has 8 aromatic rings. The molecule has 0 atom stereocenters. The summed E-state index contributed by atoms with van der Waals surface area (Å²) in [6, 6.07) is 43.0. The summed E-state index contributed by atoms with van der Waals surface area (Å²) in [5.74, 6) is 0. The molecular weight excluding hydrogens is 603 g/mol. The lowest BCUT2D eigenvalue weighted by Crippen LogP contribution is -2.26. The maximum atomic E-state index is 8.60. The summed E-state index contributed by atoms with van der Waals surface area (Å²) in [7, 11) is 0. The van der Waals surface area contributed by atoms with Gasteiger partial charge in [0.05, 0.1) is 19.1 Å². The zero-order valence-corrected chi connectivity index (χ0v) is 26.7. The van der Waals surface area contributed by atoms with Gasteiger partial charge in [-0.15, -0.1) is 0 Å². The van der Waals surface area contributed by atoms with E-state index in [-0.39, 0.29) is 35.3 Å². The van der Waals surface area contributed by atoms with E-state index in [0.29, 0.717) is 11.1 Å². The van der Waals surface area contributed by atoms with Crippen LogP contribution in [0.1, 0.15) is 36.0 Å². The molecule has 0 fully saturated rings. The van der Waals surface area contributed by atoms with Crippen molar-refractivity contribution in [2.24, 2.45) is 0 Å². The van der Waals surface area contributed by atoms with Gasteiger partial charge in [0.25, 0.3) is 0 Å². The maximum absolute atomic E-state index is 8.60. The van der Waals surface area contributed by atoms with Gasteiger partial charge in [-0.3, -0.25) is 0 Å². The van der Waals surface area contributed by atoms with Crippen molar-refractivity contribution >= 4 is 17.1 Å². The highest BCUT2D eigenvalue weighted by atomic mass is 15.1. The van der Waals surface area contributed by atoms with Crippen molar-refractivity contribution in [1.29, 1.82) is 0 Å². The second-order valence-electron chi connectivity index (χ2n) is 12.5. The Balaban J connectivity index is 1.18. The fourth-order valence-corrected chi connectivity index (χ4v) is 8.01. The molecule has 234 valence electrons. The normalized spacial score (nSPS) is 15.8. The van der Waals surface area contributed by atoms with Gasteiger partial charge in [-0.1, -0.05) is 164 Å². The first-order chi connectivity index (χ1) is 28.9. The van der Waals surface area contributed by atoms with Gasteiger partial charge in [-0.25, -0.2) is 0 Å². The van der Waals surface area contributed by atoms with Gasteiger partial charge < -0.3 is 4.90 Å². The van der Waals surface area contributed by atoms with Crippen LogP contribution >= 0.6 is 0 Å². The van der Waals surface area contributed by atoms with Gasteiger partial charge in [0, 0.05) is 17.1 Å². The quantitative estimate of drug-likeness (QED) is 0.180. The number of hydrogen-bond donors (Lipinski definition) is 0. The van der Waals surface area contributed by atoms with Crippen molar-refractivity contribution in [3.05, 3.63) is 222 Å². The Hall–Kier alpha value is -6.44. The molecule has 0 N–H and O–H groups in total. The van der Waals surface area contributed by atoms with E-state index < -0.39 is 41.7 Å². The van der Waals surface area contributed by atoms with Crippen LogP contribution in [-0.4, -0.2) is 0 Å². The summed E-state index contributed by atoms with van der Waals surface area (Å²) in [5.41, 5.74) is 12.2.